The lowest BCUT2D eigenvalue weighted by Crippen LogP contribution is -2.13. The summed E-state index contributed by atoms with van der Waals surface area (Å²) in [6, 6.07) is 12.3. The monoisotopic (exact) mass is 434 g/mol. The van der Waals surface area contributed by atoms with Crippen molar-refractivity contribution in [3.8, 4) is 17.2 Å². The van der Waals surface area contributed by atoms with Gasteiger partial charge in [-0.3, -0.25) is 4.79 Å². The number of hydrogen-bond donors (Lipinski definition) is 4. The van der Waals surface area contributed by atoms with E-state index in [1.54, 1.807) is 56.8 Å². The second-order valence-electron chi connectivity index (χ2n) is 6.71. The molecular formula is C22H22N6O4. The minimum absolute atomic E-state index is 0.313. The quantitative estimate of drug-likeness (QED) is 0.330. The topological polar surface area (TPSA) is 136 Å². The van der Waals surface area contributed by atoms with E-state index in [-0.39, 0.29) is 0 Å². The molecule has 164 valence electrons. The normalized spacial score (nSPS) is 10.6. The maximum atomic E-state index is 11.8. The Balaban J connectivity index is 1.74. The standard InChI is InChI=1S/C22H22N6O4/c1-30-16-10-12(11-17(31-2)18(16)32-3)25-22-27-20-14(8-9-24-20)21(28-22)26-15-7-5-4-6-13(15)19(23)29/h4-11H,1-3H3,(H2,23,29)(H3,24,25,26,27,28). The number of anilines is 4. The molecular weight excluding hydrogens is 412 g/mol. The lowest BCUT2D eigenvalue weighted by molar-refractivity contribution is 0.100. The van der Waals surface area contributed by atoms with Gasteiger partial charge >= 0.3 is 0 Å². The zero-order chi connectivity index (χ0) is 22.7. The van der Waals surface area contributed by atoms with Crippen molar-refractivity contribution < 1.29 is 19.0 Å². The maximum Gasteiger partial charge on any atom is 0.250 e. The van der Waals surface area contributed by atoms with Crippen LogP contribution in [0, 0.1) is 0 Å². The van der Waals surface area contributed by atoms with Crippen LogP contribution in [-0.2, 0) is 0 Å². The van der Waals surface area contributed by atoms with Gasteiger partial charge in [0.2, 0.25) is 11.7 Å². The van der Waals surface area contributed by atoms with Gasteiger partial charge in [0.15, 0.2) is 11.5 Å². The average molecular weight is 434 g/mol. The Labute approximate surface area is 183 Å². The number of nitrogens with zero attached hydrogens (tertiary/aromatic N) is 2. The number of H-pyrrole nitrogens is 1. The van der Waals surface area contributed by atoms with E-state index < -0.39 is 5.91 Å². The second kappa shape index (κ2) is 8.72. The second-order valence-corrected chi connectivity index (χ2v) is 6.71. The van der Waals surface area contributed by atoms with E-state index in [9.17, 15) is 4.79 Å². The summed E-state index contributed by atoms with van der Waals surface area (Å²) in [4.78, 5) is 24.0. The number of aromatic nitrogens is 3. The first-order valence-electron chi connectivity index (χ1n) is 9.62. The van der Waals surface area contributed by atoms with E-state index >= 15 is 0 Å². The van der Waals surface area contributed by atoms with Gasteiger partial charge in [-0.15, -0.1) is 0 Å². The van der Waals surface area contributed by atoms with Crippen molar-refractivity contribution in [2.75, 3.05) is 32.0 Å². The van der Waals surface area contributed by atoms with Gasteiger partial charge in [0.25, 0.3) is 5.91 Å². The van der Waals surface area contributed by atoms with Crippen LogP contribution in [0.5, 0.6) is 17.2 Å². The van der Waals surface area contributed by atoms with Crippen LogP contribution in [0.25, 0.3) is 11.0 Å². The molecule has 2 aromatic heterocycles. The maximum absolute atomic E-state index is 11.8. The SMILES string of the molecule is COc1cc(Nc2nc(Nc3ccccc3C(N)=O)c3cc[nH]c3n2)cc(OC)c1OC. The third-order valence-corrected chi connectivity index (χ3v) is 4.78. The summed E-state index contributed by atoms with van der Waals surface area (Å²) < 4.78 is 16.2. The number of ether oxygens (including phenoxy) is 3. The van der Waals surface area contributed by atoms with E-state index in [1.807, 2.05) is 6.07 Å². The largest absolute Gasteiger partial charge is 0.493 e. The van der Waals surface area contributed by atoms with Gasteiger partial charge in [-0.1, -0.05) is 12.1 Å². The molecule has 0 aliphatic rings. The fourth-order valence-corrected chi connectivity index (χ4v) is 3.31. The molecule has 0 bridgehead atoms. The number of primary amides is 1. The van der Waals surface area contributed by atoms with Crippen molar-refractivity contribution >= 4 is 40.1 Å². The third kappa shape index (κ3) is 3.93. The first-order chi connectivity index (χ1) is 15.5. The summed E-state index contributed by atoms with van der Waals surface area (Å²) in [5.41, 5.74) is 7.64. The number of fused-ring (bicyclic) bond motifs is 1. The fourth-order valence-electron chi connectivity index (χ4n) is 3.31. The number of para-hydroxylation sites is 1. The highest BCUT2D eigenvalue weighted by molar-refractivity contribution is 6.00. The zero-order valence-corrected chi connectivity index (χ0v) is 17.7. The summed E-state index contributed by atoms with van der Waals surface area (Å²) in [6.07, 6.45) is 1.76. The Bertz CT molecular complexity index is 1260. The number of amides is 1. The summed E-state index contributed by atoms with van der Waals surface area (Å²) in [5, 5.41) is 7.10. The molecule has 0 atom stereocenters. The summed E-state index contributed by atoms with van der Waals surface area (Å²) in [6.45, 7) is 0. The van der Waals surface area contributed by atoms with E-state index in [4.69, 9.17) is 19.9 Å². The molecule has 10 nitrogen and oxygen atoms in total. The van der Waals surface area contributed by atoms with Gasteiger partial charge in [-0.2, -0.15) is 9.97 Å². The van der Waals surface area contributed by atoms with E-state index in [1.165, 1.54) is 7.11 Å². The van der Waals surface area contributed by atoms with Crippen LogP contribution in [0.2, 0.25) is 0 Å². The van der Waals surface area contributed by atoms with Gasteiger partial charge in [0.05, 0.1) is 38.0 Å². The number of carbonyl (C=O) groups is 1. The van der Waals surface area contributed by atoms with Crippen LogP contribution in [0.4, 0.5) is 23.1 Å². The molecule has 1 amide bonds. The van der Waals surface area contributed by atoms with E-state index in [2.05, 4.69) is 25.6 Å². The van der Waals surface area contributed by atoms with Gasteiger partial charge in [0, 0.05) is 24.0 Å². The van der Waals surface area contributed by atoms with Crippen molar-refractivity contribution in [1.82, 2.24) is 15.0 Å². The molecule has 0 unspecified atom stereocenters. The number of benzene rings is 2. The highest BCUT2D eigenvalue weighted by Crippen LogP contribution is 2.40. The Morgan fingerprint density at radius 3 is 2.34 bits per heavy atom. The molecule has 0 fully saturated rings. The predicted octanol–water partition coefficient (Wildman–Crippen LogP) is 3.57. The third-order valence-electron chi connectivity index (χ3n) is 4.78. The van der Waals surface area contributed by atoms with Crippen LogP contribution in [0.1, 0.15) is 10.4 Å². The average Bonchev–Trinajstić information content (AvgIpc) is 3.27. The summed E-state index contributed by atoms with van der Waals surface area (Å²) in [7, 11) is 4.62. The summed E-state index contributed by atoms with van der Waals surface area (Å²) in [5.74, 6) is 1.73. The number of hydrogen-bond acceptors (Lipinski definition) is 8. The molecule has 2 aromatic carbocycles. The number of methoxy groups -OCH3 is 3. The van der Waals surface area contributed by atoms with Crippen LogP contribution in [-0.4, -0.2) is 42.2 Å². The van der Waals surface area contributed by atoms with Crippen molar-refractivity contribution in [2.24, 2.45) is 5.73 Å². The molecule has 0 aliphatic heterocycles. The molecule has 4 aromatic rings. The number of rotatable bonds is 8. The fraction of sp³-hybridized carbons (Fsp3) is 0.136. The lowest BCUT2D eigenvalue weighted by Gasteiger charge is -2.15. The molecule has 2 heterocycles. The molecule has 5 N–H and O–H groups in total. The Morgan fingerprint density at radius 1 is 0.969 bits per heavy atom. The zero-order valence-electron chi connectivity index (χ0n) is 17.7. The summed E-state index contributed by atoms with van der Waals surface area (Å²) >= 11 is 0. The number of aromatic amines is 1. The highest BCUT2D eigenvalue weighted by atomic mass is 16.5. The van der Waals surface area contributed by atoms with Gasteiger partial charge in [-0.05, 0) is 18.2 Å². The Kier molecular flexibility index (Phi) is 5.67. The van der Waals surface area contributed by atoms with E-state index in [0.29, 0.717) is 51.6 Å². The molecule has 10 heteroatoms. The molecule has 32 heavy (non-hydrogen) atoms. The molecule has 0 saturated heterocycles. The smallest absolute Gasteiger partial charge is 0.250 e. The number of carbonyl (C=O) groups excluding carboxylic acids is 1. The highest BCUT2D eigenvalue weighted by Gasteiger charge is 2.16. The van der Waals surface area contributed by atoms with Crippen molar-refractivity contribution in [1.29, 1.82) is 0 Å². The van der Waals surface area contributed by atoms with Crippen molar-refractivity contribution in [2.45, 2.75) is 0 Å². The molecule has 0 aliphatic carbocycles. The number of nitrogens with one attached hydrogen (secondary N) is 3. The van der Waals surface area contributed by atoms with Gasteiger partial charge in [-0.25, -0.2) is 0 Å². The van der Waals surface area contributed by atoms with Crippen LogP contribution in [0.15, 0.2) is 48.7 Å². The Hall–Kier alpha value is -4.47. The molecule has 0 radical (unpaired) electrons. The van der Waals surface area contributed by atoms with Crippen LogP contribution >= 0.6 is 0 Å². The van der Waals surface area contributed by atoms with Crippen LogP contribution < -0.4 is 30.6 Å². The minimum Gasteiger partial charge on any atom is -0.493 e. The van der Waals surface area contributed by atoms with Gasteiger partial charge in [0.1, 0.15) is 11.5 Å². The molecule has 0 saturated carbocycles. The molecule has 0 spiro atoms. The molecule has 4 rings (SSSR count). The van der Waals surface area contributed by atoms with Crippen molar-refractivity contribution in [3.05, 3.63) is 54.2 Å². The first kappa shape index (κ1) is 20.8. The predicted molar refractivity (Wildman–Crippen MR) is 122 cm³/mol. The van der Waals surface area contributed by atoms with E-state index in [0.717, 1.165) is 5.39 Å². The van der Waals surface area contributed by atoms with Crippen molar-refractivity contribution in [3.63, 3.8) is 0 Å². The number of nitrogens with two attached hydrogens (primary N) is 1. The van der Waals surface area contributed by atoms with Crippen LogP contribution in [0.3, 0.4) is 0 Å². The lowest BCUT2D eigenvalue weighted by atomic mass is 10.1. The first-order valence-corrected chi connectivity index (χ1v) is 9.62. The van der Waals surface area contributed by atoms with Gasteiger partial charge < -0.3 is 35.6 Å². The minimum atomic E-state index is -0.539. The Morgan fingerprint density at radius 2 is 1.69 bits per heavy atom.